The largest absolute Gasteiger partial charge is 0.444 e. The number of carbonyl (C=O) groups is 1. The standard InChI is InChI=1S/C17H22ClN3O4S/c1-5-21(13-10-20(11-13)16(22)25-17(2,3)4)26(23,24)14-7-6-12(9-19)15(18)8-14/h6-8,13H,5,10-11H2,1-4H3. The van der Waals surface area contributed by atoms with Gasteiger partial charge in [0.2, 0.25) is 10.0 Å². The predicted octanol–water partition coefficient (Wildman–Crippen LogP) is 2.84. The van der Waals surface area contributed by atoms with Gasteiger partial charge in [-0.2, -0.15) is 9.57 Å². The summed E-state index contributed by atoms with van der Waals surface area (Å²) in [4.78, 5) is 13.5. The predicted molar refractivity (Wildman–Crippen MR) is 97.3 cm³/mol. The molecule has 7 nitrogen and oxygen atoms in total. The van der Waals surface area contributed by atoms with E-state index >= 15 is 0 Å². The Kier molecular flexibility index (Phi) is 5.85. The van der Waals surface area contributed by atoms with Crippen LogP contribution in [0.5, 0.6) is 0 Å². The first kappa shape index (κ1) is 20.5. The molecule has 142 valence electrons. The first-order chi connectivity index (χ1) is 12.0. The lowest BCUT2D eigenvalue weighted by atomic mass is 10.1. The van der Waals surface area contributed by atoms with E-state index in [1.165, 1.54) is 27.4 Å². The van der Waals surface area contributed by atoms with Gasteiger partial charge in [0.15, 0.2) is 0 Å². The van der Waals surface area contributed by atoms with Crippen molar-refractivity contribution in [3.8, 4) is 6.07 Å². The molecule has 0 N–H and O–H groups in total. The Hall–Kier alpha value is -1.82. The molecule has 1 amide bonds. The van der Waals surface area contributed by atoms with Crippen LogP contribution in [-0.2, 0) is 14.8 Å². The van der Waals surface area contributed by atoms with Crippen molar-refractivity contribution in [2.75, 3.05) is 19.6 Å². The lowest BCUT2D eigenvalue weighted by molar-refractivity contribution is -0.00299. The van der Waals surface area contributed by atoms with Crippen molar-refractivity contribution in [1.29, 1.82) is 5.26 Å². The number of hydrogen-bond donors (Lipinski definition) is 0. The van der Waals surface area contributed by atoms with Crippen LogP contribution < -0.4 is 0 Å². The molecule has 0 saturated carbocycles. The third-order valence-corrected chi connectivity index (χ3v) is 6.24. The van der Waals surface area contributed by atoms with Crippen molar-refractivity contribution in [3.63, 3.8) is 0 Å². The second kappa shape index (κ2) is 7.43. The number of likely N-dealkylation sites (tertiary alicyclic amines) is 1. The molecule has 1 fully saturated rings. The normalized spacial score (nSPS) is 15.5. The monoisotopic (exact) mass is 399 g/mol. The molecule has 26 heavy (non-hydrogen) atoms. The SMILES string of the molecule is CCN(C1CN(C(=O)OC(C)(C)C)C1)S(=O)(=O)c1ccc(C#N)c(Cl)c1. The summed E-state index contributed by atoms with van der Waals surface area (Å²) in [5, 5.41) is 9.01. The molecule has 1 aliphatic rings. The quantitative estimate of drug-likeness (QED) is 0.776. The van der Waals surface area contributed by atoms with Gasteiger partial charge in [-0.1, -0.05) is 18.5 Å². The van der Waals surface area contributed by atoms with Crippen molar-refractivity contribution in [2.45, 2.75) is 44.2 Å². The number of likely N-dealkylation sites (N-methyl/N-ethyl adjacent to an activating group) is 1. The van der Waals surface area contributed by atoms with Gasteiger partial charge in [0.1, 0.15) is 11.7 Å². The minimum absolute atomic E-state index is 0.0269. The summed E-state index contributed by atoms with van der Waals surface area (Å²) in [7, 11) is -3.78. The van der Waals surface area contributed by atoms with Gasteiger partial charge in [-0.25, -0.2) is 13.2 Å². The smallest absolute Gasteiger partial charge is 0.410 e. The number of rotatable bonds is 4. The van der Waals surface area contributed by atoms with E-state index in [1.54, 1.807) is 27.7 Å². The average Bonchev–Trinajstić information content (AvgIpc) is 2.47. The van der Waals surface area contributed by atoms with E-state index in [-0.39, 0.29) is 41.2 Å². The van der Waals surface area contributed by atoms with Crippen LogP contribution in [0.4, 0.5) is 4.79 Å². The van der Waals surface area contributed by atoms with E-state index in [0.29, 0.717) is 0 Å². The molecule has 0 unspecified atom stereocenters. The molecule has 0 aromatic heterocycles. The minimum Gasteiger partial charge on any atom is -0.444 e. The number of sulfonamides is 1. The Morgan fingerprint density at radius 1 is 1.42 bits per heavy atom. The van der Waals surface area contributed by atoms with Crippen LogP contribution in [0.25, 0.3) is 0 Å². The van der Waals surface area contributed by atoms with Gasteiger partial charge in [-0.05, 0) is 39.0 Å². The van der Waals surface area contributed by atoms with E-state index < -0.39 is 21.7 Å². The number of nitriles is 1. The zero-order valence-electron chi connectivity index (χ0n) is 15.2. The van der Waals surface area contributed by atoms with Crippen LogP contribution in [0.1, 0.15) is 33.3 Å². The zero-order valence-corrected chi connectivity index (χ0v) is 16.8. The molecule has 1 aromatic rings. The highest BCUT2D eigenvalue weighted by atomic mass is 35.5. The highest BCUT2D eigenvalue weighted by Gasteiger charge is 2.41. The fourth-order valence-electron chi connectivity index (χ4n) is 2.62. The van der Waals surface area contributed by atoms with Crippen LogP contribution in [-0.4, -0.2) is 55.0 Å². The first-order valence-electron chi connectivity index (χ1n) is 8.19. The Morgan fingerprint density at radius 3 is 2.50 bits per heavy atom. The maximum Gasteiger partial charge on any atom is 0.410 e. The molecule has 1 saturated heterocycles. The van der Waals surface area contributed by atoms with Crippen molar-refractivity contribution in [1.82, 2.24) is 9.21 Å². The van der Waals surface area contributed by atoms with Gasteiger partial charge in [0.05, 0.1) is 21.5 Å². The Bertz CT molecular complexity index is 837. The van der Waals surface area contributed by atoms with Gasteiger partial charge in [0, 0.05) is 19.6 Å². The van der Waals surface area contributed by atoms with Crippen LogP contribution in [0.2, 0.25) is 5.02 Å². The van der Waals surface area contributed by atoms with E-state index in [0.717, 1.165) is 0 Å². The number of ether oxygens (including phenoxy) is 1. The Balaban J connectivity index is 2.13. The molecule has 0 atom stereocenters. The Labute approximate surface area is 159 Å². The number of halogens is 1. The molecule has 1 aromatic carbocycles. The second-order valence-corrected chi connectivity index (χ2v) is 9.30. The summed E-state index contributed by atoms with van der Waals surface area (Å²) in [6, 6.07) is 5.61. The van der Waals surface area contributed by atoms with Gasteiger partial charge >= 0.3 is 6.09 Å². The summed E-state index contributed by atoms with van der Waals surface area (Å²) in [5.74, 6) is 0. The number of carbonyl (C=O) groups excluding carboxylic acids is 1. The van der Waals surface area contributed by atoms with Gasteiger partial charge < -0.3 is 9.64 Å². The van der Waals surface area contributed by atoms with Gasteiger partial charge in [-0.15, -0.1) is 0 Å². The molecule has 0 spiro atoms. The third kappa shape index (κ3) is 4.29. The van der Waals surface area contributed by atoms with Crippen LogP contribution in [0.3, 0.4) is 0 Å². The fourth-order valence-corrected chi connectivity index (χ4v) is 4.55. The topological polar surface area (TPSA) is 90.7 Å². The fraction of sp³-hybridized carbons (Fsp3) is 0.529. The summed E-state index contributed by atoms with van der Waals surface area (Å²) in [6.45, 7) is 7.86. The summed E-state index contributed by atoms with van der Waals surface area (Å²) in [5.41, 5.74) is -0.383. The lowest BCUT2D eigenvalue weighted by Gasteiger charge is -2.44. The van der Waals surface area contributed by atoms with Crippen LogP contribution in [0.15, 0.2) is 23.1 Å². The van der Waals surface area contributed by atoms with E-state index in [4.69, 9.17) is 21.6 Å². The first-order valence-corrected chi connectivity index (χ1v) is 10.0. The molecule has 9 heteroatoms. The third-order valence-electron chi connectivity index (χ3n) is 3.90. The molecule has 0 radical (unpaired) electrons. The number of nitrogens with zero attached hydrogens (tertiary/aromatic N) is 3. The lowest BCUT2D eigenvalue weighted by Crippen LogP contribution is -2.62. The van der Waals surface area contributed by atoms with Crippen molar-refractivity contribution >= 4 is 27.7 Å². The summed E-state index contributed by atoms with van der Waals surface area (Å²) >= 11 is 5.96. The molecule has 0 aliphatic carbocycles. The zero-order chi connectivity index (χ0) is 19.7. The summed E-state index contributed by atoms with van der Waals surface area (Å²) < 4.78 is 32.4. The van der Waals surface area contributed by atoms with E-state index in [2.05, 4.69) is 0 Å². The van der Waals surface area contributed by atoms with Crippen LogP contribution in [0, 0.1) is 11.3 Å². The average molecular weight is 400 g/mol. The maximum absolute atomic E-state index is 12.9. The molecule has 2 rings (SSSR count). The number of benzene rings is 1. The Morgan fingerprint density at radius 2 is 2.04 bits per heavy atom. The highest BCUT2D eigenvalue weighted by Crippen LogP contribution is 2.27. The van der Waals surface area contributed by atoms with E-state index in [1.807, 2.05) is 6.07 Å². The van der Waals surface area contributed by atoms with Gasteiger partial charge in [0.25, 0.3) is 0 Å². The molecular weight excluding hydrogens is 378 g/mol. The van der Waals surface area contributed by atoms with Crippen molar-refractivity contribution in [3.05, 3.63) is 28.8 Å². The molecule has 1 aliphatic heterocycles. The molecule has 1 heterocycles. The van der Waals surface area contributed by atoms with Crippen molar-refractivity contribution in [2.24, 2.45) is 0 Å². The van der Waals surface area contributed by atoms with Crippen molar-refractivity contribution < 1.29 is 17.9 Å². The number of hydrogen-bond acceptors (Lipinski definition) is 5. The summed E-state index contributed by atoms with van der Waals surface area (Å²) in [6.07, 6.45) is -0.455. The van der Waals surface area contributed by atoms with Crippen LogP contribution >= 0.6 is 11.6 Å². The molecule has 0 bridgehead atoms. The maximum atomic E-state index is 12.9. The van der Waals surface area contributed by atoms with E-state index in [9.17, 15) is 13.2 Å². The van der Waals surface area contributed by atoms with Gasteiger partial charge in [-0.3, -0.25) is 0 Å². The highest BCUT2D eigenvalue weighted by molar-refractivity contribution is 7.89. The minimum atomic E-state index is -3.78. The number of amides is 1. The molecular formula is C17H22ClN3O4S. The second-order valence-electron chi connectivity index (χ2n) is 7.00.